The predicted molar refractivity (Wildman–Crippen MR) is 108 cm³/mol. The number of quaternary nitrogens is 1. The van der Waals surface area contributed by atoms with Crippen LogP contribution in [0.4, 0.5) is 5.69 Å². The highest BCUT2D eigenvalue weighted by atomic mass is 32.1. The minimum atomic E-state index is 0.0267. The van der Waals surface area contributed by atoms with Crippen LogP contribution in [0.5, 0.6) is 11.5 Å². The normalized spacial score (nSPS) is 21.0. The van der Waals surface area contributed by atoms with Crippen LogP contribution in [-0.4, -0.2) is 37.3 Å². The fraction of sp³-hybridized carbons (Fsp3) is 0.333. The van der Waals surface area contributed by atoms with Gasteiger partial charge in [-0.05, 0) is 37.1 Å². The lowest BCUT2D eigenvalue weighted by molar-refractivity contribution is -0.898. The highest BCUT2D eigenvalue weighted by Crippen LogP contribution is 2.34. The van der Waals surface area contributed by atoms with Crippen LogP contribution in [0.2, 0.25) is 0 Å². The van der Waals surface area contributed by atoms with Crippen LogP contribution in [0, 0.1) is 0 Å². The number of carbonyl (C=O) groups excluding carboxylic acids is 1. The number of carbonyl (C=O) groups is 1. The highest BCUT2D eigenvalue weighted by molar-refractivity contribution is 7.18. The van der Waals surface area contributed by atoms with Crippen LogP contribution in [-0.2, 0) is 4.79 Å². The zero-order valence-corrected chi connectivity index (χ0v) is 16.3. The van der Waals surface area contributed by atoms with E-state index in [1.165, 1.54) is 14.6 Å². The van der Waals surface area contributed by atoms with E-state index in [0.717, 1.165) is 42.9 Å². The lowest BCUT2D eigenvalue weighted by atomic mass is 9.99. The SMILES string of the molecule is O=C(C[NH+]1CCC[C@@H](c2nc3ccccc3s2)C1)Nc1ccc2c(c1)OCO2. The van der Waals surface area contributed by atoms with Gasteiger partial charge in [0.25, 0.3) is 5.91 Å². The van der Waals surface area contributed by atoms with E-state index in [1.807, 2.05) is 24.3 Å². The molecule has 1 aromatic heterocycles. The molecular weight excluding hydrogens is 374 g/mol. The van der Waals surface area contributed by atoms with E-state index >= 15 is 0 Å². The van der Waals surface area contributed by atoms with Gasteiger partial charge in [0.05, 0.1) is 29.2 Å². The van der Waals surface area contributed by atoms with Gasteiger partial charge in [0, 0.05) is 11.8 Å². The molecule has 0 aliphatic carbocycles. The first kappa shape index (κ1) is 17.5. The van der Waals surface area contributed by atoms with E-state index < -0.39 is 0 Å². The van der Waals surface area contributed by atoms with Gasteiger partial charge in [0.15, 0.2) is 18.0 Å². The molecule has 1 unspecified atom stereocenters. The van der Waals surface area contributed by atoms with Crippen LogP contribution < -0.4 is 19.7 Å². The first-order valence-electron chi connectivity index (χ1n) is 9.63. The maximum absolute atomic E-state index is 12.5. The van der Waals surface area contributed by atoms with Gasteiger partial charge >= 0.3 is 0 Å². The van der Waals surface area contributed by atoms with Crippen LogP contribution in [0.1, 0.15) is 23.8 Å². The summed E-state index contributed by atoms with van der Waals surface area (Å²) in [6, 6.07) is 13.8. The Bertz CT molecular complexity index is 986. The van der Waals surface area contributed by atoms with Gasteiger partial charge in [0.1, 0.15) is 5.01 Å². The van der Waals surface area contributed by atoms with Crippen molar-refractivity contribution in [1.29, 1.82) is 0 Å². The van der Waals surface area contributed by atoms with E-state index in [0.29, 0.717) is 18.2 Å². The Morgan fingerprint density at radius 1 is 1.21 bits per heavy atom. The smallest absolute Gasteiger partial charge is 0.279 e. The van der Waals surface area contributed by atoms with Crippen LogP contribution >= 0.6 is 11.3 Å². The number of para-hydroxylation sites is 1. The summed E-state index contributed by atoms with van der Waals surface area (Å²) < 4.78 is 11.9. The second-order valence-electron chi connectivity index (χ2n) is 7.36. The Morgan fingerprint density at radius 3 is 3.04 bits per heavy atom. The van der Waals surface area contributed by atoms with Gasteiger partial charge in [-0.1, -0.05) is 12.1 Å². The minimum Gasteiger partial charge on any atom is -0.454 e. The summed E-state index contributed by atoms with van der Waals surface area (Å²) in [6.07, 6.45) is 2.26. The number of fused-ring (bicyclic) bond motifs is 2. The van der Waals surface area contributed by atoms with Gasteiger partial charge in [-0.3, -0.25) is 4.79 Å². The molecule has 2 N–H and O–H groups in total. The first-order valence-corrected chi connectivity index (χ1v) is 10.4. The molecule has 7 heteroatoms. The molecule has 0 spiro atoms. The fourth-order valence-corrected chi connectivity index (χ4v) is 5.10. The van der Waals surface area contributed by atoms with Crippen molar-refractivity contribution in [3.63, 3.8) is 0 Å². The molecule has 1 fully saturated rings. The summed E-state index contributed by atoms with van der Waals surface area (Å²) >= 11 is 1.79. The largest absolute Gasteiger partial charge is 0.454 e. The molecule has 3 heterocycles. The van der Waals surface area contributed by atoms with Gasteiger partial charge in [-0.15, -0.1) is 11.3 Å². The van der Waals surface area contributed by atoms with Crippen molar-refractivity contribution in [1.82, 2.24) is 4.98 Å². The monoisotopic (exact) mass is 396 g/mol. The number of nitrogens with one attached hydrogen (secondary N) is 2. The maximum Gasteiger partial charge on any atom is 0.279 e. The number of nitrogens with zero attached hydrogens (tertiary/aromatic N) is 1. The van der Waals surface area contributed by atoms with E-state index in [-0.39, 0.29) is 12.7 Å². The summed E-state index contributed by atoms with van der Waals surface area (Å²) in [7, 11) is 0. The molecule has 3 aromatic rings. The van der Waals surface area contributed by atoms with Crippen molar-refractivity contribution in [2.45, 2.75) is 18.8 Å². The molecule has 2 aliphatic heterocycles. The molecule has 28 heavy (non-hydrogen) atoms. The zero-order chi connectivity index (χ0) is 18.9. The van der Waals surface area contributed by atoms with Gasteiger partial charge < -0.3 is 19.7 Å². The quantitative estimate of drug-likeness (QED) is 0.711. The number of rotatable bonds is 4. The molecular formula is C21H22N3O3S+. The predicted octanol–water partition coefficient (Wildman–Crippen LogP) is 2.43. The van der Waals surface area contributed by atoms with Gasteiger partial charge in [-0.25, -0.2) is 4.98 Å². The van der Waals surface area contributed by atoms with Crippen molar-refractivity contribution in [3.05, 3.63) is 47.5 Å². The highest BCUT2D eigenvalue weighted by Gasteiger charge is 2.28. The maximum atomic E-state index is 12.5. The zero-order valence-electron chi connectivity index (χ0n) is 15.4. The lowest BCUT2D eigenvalue weighted by Gasteiger charge is -2.28. The summed E-state index contributed by atoms with van der Waals surface area (Å²) in [5.74, 6) is 1.86. The molecule has 2 aromatic carbocycles. The molecule has 0 bridgehead atoms. The van der Waals surface area contributed by atoms with Crippen molar-refractivity contribution in [2.24, 2.45) is 0 Å². The molecule has 0 saturated carbocycles. The topological polar surface area (TPSA) is 64.9 Å². The third kappa shape index (κ3) is 3.55. The summed E-state index contributed by atoms with van der Waals surface area (Å²) in [4.78, 5) is 18.7. The lowest BCUT2D eigenvalue weighted by Crippen LogP contribution is -3.14. The molecule has 5 rings (SSSR count). The Kier molecular flexibility index (Phi) is 4.62. The molecule has 1 saturated heterocycles. The van der Waals surface area contributed by atoms with Crippen LogP contribution in [0.15, 0.2) is 42.5 Å². The number of amides is 1. The van der Waals surface area contributed by atoms with Crippen molar-refractivity contribution in [2.75, 3.05) is 31.7 Å². The van der Waals surface area contributed by atoms with Gasteiger partial charge in [-0.2, -0.15) is 0 Å². The minimum absolute atomic E-state index is 0.0267. The number of aromatic nitrogens is 1. The molecule has 144 valence electrons. The number of hydrogen-bond donors (Lipinski definition) is 2. The molecule has 2 aliphatic rings. The third-order valence-electron chi connectivity index (χ3n) is 5.34. The Balaban J connectivity index is 1.22. The second-order valence-corrected chi connectivity index (χ2v) is 8.42. The number of piperidine rings is 1. The van der Waals surface area contributed by atoms with E-state index in [2.05, 4.69) is 23.5 Å². The van der Waals surface area contributed by atoms with Crippen LogP contribution in [0.25, 0.3) is 10.2 Å². The van der Waals surface area contributed by atoms with Crippen LogP contribution in [0.3, 0.4) is 0 Å². The molecule has 2 atom stereocenters. The number of benzene rings is 2. The Labute approximate surface area is 167 Å². The van der Waals surface area contributed by atoms with E-state index in [9.17, 15) is 4.79 Å². The third-order valence-corrected chi connectivity index (χ3v) is 6.54. The first-order chi connectivity index (χ1) is 13.7. The number of hydrogen-bond acceptors (Lipinski definition) is 5. The number of anilines is 1. The van der Waals surface area contributed by atoms with Gasteiger partial charge in [0.2, 0.25) is 6.79 Å². The standard InChI is InChI=1S/C21H21N3O3S/c25-20(22-15-7-8-17-18(10-15)27-13-26-17)12-24-9-3-4-14(11-24)21-23-16-5-1-2-6-19(16)28-21/h1-2,5-8,10,14H,3-4,9,11-13H2,(H,22,25)/p+1/t14-/m1/s1. The summed E-state index contributed by atoms with van der Waals surface area (Å²) in [5.41, 5.74) is 1.82. The average molecular weight is 396 g/mol. The van der Waals surface area contributed by atoms with Crippen molar-refractivity contribution >= 4 is 33.1 Å². The van der Waals surface area contributed by atoms with E-state index in [1.54, 1.807) is 11.3 Å². The van der Waals surface area contributed by atoms with Crippen molar-refractivity contribution in [3.8, 4) is 11.5 Å². The number of ether oxygens (including phenoxy) is 2. The van der Waals surface area contributed by atoms with E-state index in [4.69, 9.17) is 14.5 Å². The number of thiazole rings is 1. The fourth-order valence-electron chi connectivity index (χ4n) is 3.99. The average Bonchev–Trinajstić information content (AvgIpc) is 3.34. The van der Waals surface area contributed by atoms with Crippen molar-refractivity contribution < 1.29 is 19.2 Å². The Morgan fingerprint density at radius 2 is 2.11 bits per heavy atom. The summed E-state index contributed by atoms with van der Waals surface area (Å²) in [6.45, 7) is 2.68. The number of likely N-dealkylation sites (tertiary alicyclic amines) is 1. The molecule has 6 nitrogen and oxygen atoms in total. The Hall–Kier alpha value is -2.64. The summed E-state index contributed by atoms with van der Waals surface area (Å²) in [5, 5.41) is 4.19. The second kappa shape index (κ2) is 7.41. The molecule has 1 amide bonds. The molecule has 0 radical (unpaired) electrons.